The predicted octanol–water partition coefficient (Wildman–Crippen LogP) is 12.2. The van der Waals surface area contributed by atoms with Crippen molar-refractivity contribution in [2.75, 3.05) is 0 Å². The number of nitrogens with zero attached hydrogens (tertiary/aromatic N) is 3. The maximum Gasteiger partial charge on any atom is 0.235 e. The average molecular weight is 750 g/mol. The maximum absolute atomic E-state index is 7.09. The number of hydrogen-bond acceptors (Lipinski definition) is 4. The molecule has 1 aliphatic rings. The number of rotatable bonds is 5. The van der Waals surface area contributed by atoms with Crippen LogP contribution in [0.5, 0.6) is 0 Å². The first kappa shape index (κ1) is 32.2. The molecule has 0 fully saturated rings. The summed E-state index contributed by atoms with van der Waals surface area (Å²) in [4.78, 5) is 10.4. The van der Waals surface area contributed by atoms with Crippen molar-refractivity contribution in [2.45, 2.75) is 6.17 Å². The number of quaternary nitrogens is 1. The molecule has 3 aromatic heterocycles. The Morgan fingerprint density at radius 1 is 0.509 bits per heavy atom. The Balaban J connectivity index is 1.04. The lowest BCUT2D eigenvalue weighted by Gasteiger charge is -2.20. The first-order valence-corrected chi connectivity index (χ1v) is 20.1. The molecule has 0 aliphatic carbocycles. The summed E-state index contributed by atoms with van der Waals surface area (Å²) < 4.78 is 11.9. The second-order valence-electron chi connectivity index (χ2n) is 14.6. The quantitative estimate of drug-likeness (QED) is 0.187. The van der Waals surface area contributed by atoms with E-state index in [1.807, 2.05) is 35.6 Å². The normalized spacial score (nSPS) is 14.6. The van der Waals surface area contributed by atoms with Crippen LogP contribution < -0.4 is 5.32 Å². The number of aliphatic imine (C=N–C) groups is 2. The summed E-state index contributed by atoms with van der Waals surface area (Å²) >= 11 is 1.84. The molecule has 57 heavy (non-hydrogen) atoms. The van der Waals surface area contributed by atoms with E-state index in [1.54, 1.807) is 0 Å². The van der Waals surface area contributed by atoms with Gasteiger partial charge in [0, 0.05) is 64.0 Å². The Morgan fingerprint density at radius 2 is 1.11 bits per heavy atom. The molecule has 5 nitrogen and oxygen atoms in total. The Bertz CT molecular complexity index is 3390. The molecule has 2 N–H and O–H groups in total. The standard InChI is InChI=1S/C51H32N4OS/c1-3-15-31(16-4-1)49-52-50(32-17-5-2-6-18-32)54-51(53-49)40-26-14-30-44-45(40)39-25-12-24-38(48(39)57-44)37-22-11-21-35-36-23-13-29-43(47(36)56-46(35)37)55-41-27-9-7-19-33(41)34-20-8-10-28-42(34)55/h1-30,51H,(H,52,53,54)/p+1. The molecule has 0 amide bonds. The number of benzene rings is 8. The molecule has 4 heterocycles. The van der Waals surface area contributed by atoms with Crippen LogP contribution in [0.25, 0.3) is 80.7 Å². The number of aromatic nitrogens is 1. The van der Waals surface area contributed by atoms with E-state index in [9.17, 15) is 0 Å². The number of furan rings is 1. The van der Waals surface area contributed by atoms with E-state index in [0.29, 0.717) is 0 Å². The average Bonchev–Trinajstić information content (AvgIpc) is 3.97. The molecule has 11 aromatic rings. The van der Waals surface area contributed by atoms with Crippen molar-refractivity contribution >= 4 is 86.9 Å². The summed E-state index contributed by atoms with van der Waals surface area (Å²) in [6.45, 7) is 0. The van der Waals surface area contributed by atoms with E-state index in [4.69, 9.17) is 14.4 Å². The van der Waals surface area contributed by atoms with E-state index in [0.717, 1.165) is 72.6 Å². The van der Waals surface area contributed by atoms with Crippen molar-refractivity contribution in [1.82, 2.24) is 4.57 Å². The van der Waals surface area contributed by atoms with Gasteiger partial charge in [0.25, 0.3) is 0 Å². The van der Waals surface area contributed by atoms with Crippen LogP contribution in [0, 0.1) is 0 Å². The summed E-state index contributed by atoms with van der Waals surface area (Å²) in [5, 5.41) is 9.34. The molecular formula is C51H33N4OS+. The minimum Gasteiger partial charge on any atom is -0.453 e. The molecule has 1 aliphatic heterocycles. The molecule has 6 heteroatoms. The predicted molar refractivity (Wildman–Crippen MR) is 237 cm³/mol. The van der Waals surface area contributed by atoms with E-state index in [1.165, 1.54) is 36.5 Å². The fourth-order valence-corrected chi connectivity index (χ4v) is 10.1. The van der Waals surface area contributed by atoms with Crippen molar-refractivity contribution < 1.29 is 9.73 Å². The van der Waals surface area contributed by atoms with Gasteiger partial charge in [-0.25, -0.2) is 4.99 Å². The van der Waals surface area contributed by atoms with Gasteiger partial charge in [-0.2, -0.15) is 4.99 Å². The smallest absolute Gasteiger partial charge is 0.235 e. The van der Waals surface area contributed by atoms with Crippen LogP contribution in [0.15, 0.2) is 196 Å². The fraction of sp³-hybridized carbons (Fsp3) is 0.0196. The summed E-state index contributed by atoms with van der Waals surface area (Å²) in [7, 11) is 0. The number of hydrogen-bond donors (Lipinski definition) is 1. The molecule has 0 bridgehead atoms. The van der Waals surface area contributed by atoms with Gasteiger partial charge in [-0.15, -0.1) is 11.3 Å². The van der Waals surface area contributed by atoms with Crippen molar-refractivity contribution in [3.05, 3.63) is 199 Å². The van der Waals surface area contributed by atoms with Gasteiger partial charge < -0.3 is 8.98 Å². The number of nitrogens with two attached hydrogens (primary N) is 1. The molecule has 0 saturated heterocycles. The zero-order valence-corrected chi connectivity index (χ0v) is 31.4. The summed E-state index contributed by atoms with van der Waals surface area (Å²) in [5.74, 6) is 1.68. The monoisotopic (exact) mass is 749 g/mol. The van der Waals surface area contributed by atoms with Crippen molar-refractivity contribution in [1.29, 1.82) is 0 Å². The number of fused-ring (bicyclic) bond motifs is 9. The molecular weight excluding hydrogens is 717 g/mol. The van der Waals surface area contributed by atoms with Gasteiger partial charge in [-0.05, 0) is 36.4 Å². The lowest BCUT2D eigenvalue weighted by atomic mass is 9.98. The molecule has 0 saturated carbocycles. The molecule has 0 spiro atoms. The Kier molecular flexibility index (Phi) is 7.17. The number of amidine groups is 2. The van der Waals surface area contributed by atoms with Gasteiger partial charge >= 0.3 is 0 Å². The largest absolute Gasteiger partial charge is 0.453 e. The highest BCUT2D eigenvalue weighted by atomic mass is 32.1. The van der Waals surface area contributed by atoms with E-state index in [-0.39, 0.29) is 6.17 Å². The third-order valence-electron chi connectivity index (χ3n) is 11.4. The van der Waals surface area contributed by atoms with E-state index in [2.05, 4.69) is 168 Å². The van der Waals surface area contributed by atoms with Crippen LogP contribution in [0.1, 0.15) is 22.9 Å². The van der Waals surface area contributed by atoms with Crippen molar-refractivity contribution in [2.24, 2.45) is 9.98 Å². The SMILES string of the molecule is c1ccc(C2=NC(c3cccc4sc5c(-c6cccc7c6oc6c(-n8c9ccccc9c9ccccc98)cccc67)cccc5c34)[NH2+]C(c3ccccc3)=N2)cc1. The topological polar surface area (TPSA) is 59.4 Å². The zero-order chi connectivity index (χ0) is 37.5. The van der Waals surface area contributed by atoms with Crippen LogP contribution in [0.3, 0.4) is 0 Å². The van der Waals surface area contributed by atoms with Gasteiger partial charge in [-0.3, -0.25) is 5.32 Å². The van der Waals surface area contributed by atoms with Crippen LogP contribution in [-0.2, 0) is 0 Å². The minimum atomic E-state index is -0.212. The second kappa shape index (κ2) is 12.7. The second-order valence-corrected chi connectivity index (χ2v) is 15.7. The molecule has 8 aromatic carbocycles. The third kappa shape index (κ3) is 4.98. The molecule has 1 unspecified atom stereocenters. The first-order chi connectivity index (χ1) is 28.3. The zero-order valence-electron chi connectivity index (χ0n) is 30.6. The lowest BCUT2D eigenvalue weighted by Crippen LogP contribution is -2.90. The van der Waals surface area contributed by atoms with Crippen LogP contribution >= 0.6 is 11.3 Å². The summed E-state index contributed by atoms with van der Waals surface area (Å²) in [5.41, 5.74) is 10.6. The lowest BCUT2D eigenvalue weighted by molar-refractivity contribution is -0.586. The van der Waals surface area contributed by atoms with Gasteiger partial charge in [0.2, 0.25) is 12.0 Å². The van der Waals surface area contributed by atoms with Crippen LogP contribution in [0.2, 0.25) is 0 Å². The highest BCUT2D eigenvalue weighted by molar-refractivity contribution is 7.26. The Labute approximate surface area is 331 Å². The Hall–Kier alpha value is -7.12. The maximum atomic E-state index is 7.09. The fourth-order valence-electron chi connectivity index (χ4n) is 8.86. The molecule has 12 rings (SSSR count). The summed E-state index contributed by atoms with van der Waals surface area (Å²) in [6.07, 6.45) is -0.212. The van der Waals surface area contributed by atoms with Crippen LogP contribution in [0.4, 0.5) is 0 Å². The van der Waals surface area contributed by atoms with Gasteiger partial charge in [0.15, 0.2) is 11.4 Å². The van der Waals surface area contributed by atoms with Gasteiger partial charge in [-0.1, -0.05) is 146 Å². The van der Waals surface area contributed by atoms with Crippen molar-refractivity contribution in [3.63, 3.8) is 0 Å². The van der Waals surface area contributed by atoms with Gasteiger partial charge in [0.05, 0.1) is 22.3 Å². The first-order valence-electron chi connectivity index (χ1n) is 19.3. The minimum absolute atomic E-state index is 0.212. The van der Waals surface area contributed by atoms with E-state index >= 15 is 0 Å². The number of thiophene rings is 1. The molecule has 0 radical (unpaired) electrons. The third-order valence-corrected chi connectivity index (χ3v) is 12.6. The van der Waals surface area contributed by atoms with Gasteiger partial charge in [0.1, 0.15) is 5.58 Å². The number of para-hydroxylation sites is 4. The highest BCUT2D eigenvalue weighted by Crippen LogP contribution is 2.46. The summed E-state index contributed by atoms with van der Waals surface area (Å²) in [6, 6.07) is 64.4. The molecule has 1 atom stereocenters. The van der Waals surface area contributed by atoms with Crippen molar-refractivity contribution in [3.8, 4) is 16.8 Å². The molecule has 268 valence electrons. The Morgan fingerprint density at radius 3 is 1.86 bits per heavy atom. The highest BCUT2D eigenvalue weighted by Gasteiger charge is 2.28. The van der Waals surface area contributed by atoms with E-state index < -0.39 is 0 Å². The van der Waals surface area contributed by atoms with Crippen LogP contribution in [-0.4, -0.2) is 16.2 Å².